The molecule has 3 amide bonds. The fourth-order valence-corrected chi connectivity index (χ4v) is 4.04. The largest absolute Gasteiger partial charge is 0.444 e. The third kappa shape index (κ3) is 4.04. The summed E-state index contributed by atoms with van der Waals surface area (Å²) in [6.07, 6.45) is 2.56. The van der Waals surface area contributed by atoms with Crippen LogP contribution in [0.4, 0.5) is 4.79 Å². The maximum Gasteiger partial charge on any atom is 0.410 e. The number of rotatable bonds is 4. The molecular weight excluding hydrogens is 388 g/mol. The van der Waals surface area contributed by atoms with Crippen LogP contribution in [0.2, 0.25) is 0 Å². The lowest BCUT2D eigenvalue weighted by Crippen LogP contribution is -2.38. The molecule has 2 aliphatic heterocycles. The number of likely N-dealkylation sites (tertiary alicyclic amines) is 1. The number of hydrogen-bond acceptors (Lipinski definition) is 6. The highest BCUT2D eigenvalue weighted by Gasteiger charge is 2.46. The number of hydroxylamine groups is 2. The fraction of sp³-hybridized carbons (Fsp3) is 0.545. The Kier molecular flexibility index (Phi) is 5.03. The first-order valence-corrected chi connectivity index (χ1v) is 10.3. The van der Waals surface area contributed by atoms with Gasteiger partial charge in [0, 0.05) is 13.1 Å². The quantitative estimate of drug-likeness (QED) is 0.703. The van der Waals surface area contributed by atoms with Crippen LogP contribution in [0.15, 0.2) is 24.3 Å². The second-order valence-electron chi connectivity index (χ2n) is 9.29. The van der Waals surface area contributed by atoms with Crippen LogP contribution in [0.5, 0.6) is 0 Å². The summed E-state index contributed by atoms with van der Waals surface area (Å²) in [4.78, 5) is 57.3. The van der Waals surface area contributed by atoms with Crippen LogP contribution in [0, 0.1) is 17.8 Å². The molecule has 8 heteroatoms. The third-order valence-corrected chi connectivity index (χ3v) is 5.67. The van der Waals surface area contributed by atoms with E-state index in [0.717, 1.165) is 19.3 Å². The van der Waals surface area contributed by atoms with Gasteiger partial charge in [0.25, 0.3) is 11.8 Å². The van der Waals surface area contributed by atoms with Crippen molar-refractivity contribution in [3.05, 3.63) is 35.4 Å². The van der Waals surface area contributed by atoms with Crippen LogP contribution in [-0.4, -0.2) is 52.5 Å². The van der Waals surface area contributed by atoms with Crippen molar-refractivity contribution >= 4 is 23.9 Å². The van der Waals surface area contributed by atoms with Crippen LogP contribution in [-0.2, 0) is 14.4 Å². The van der Waals surface area contributed by atoms with Crippen LogP contribution in [0.25, 0.3) is 0 Å². The van der Waals surface area contributed by atoms with E-state index in [9.17, 15) is 19.2 Å². The summed E-state index contributed by atoms with van der Waals surface area (Å²) in [6, 6.07) is 6.35. The standard InChI is InChI=1S/C22H26N2O6/c1-22(2,3)29-21(28)23-11-14(10-13-8-9-13)17(12-23)20(27)30-24-18(25)15-6-4-5-7-16(15)19(24)26/h4-7,13-14,17H,8-12H2,1-3H3/t14-,17-/m0/s1. The van der Waals surface area contributed by atoms with Gasteiger partial charge in [0.1, 0.15) is 5.60 Å². The summed E-state index contributed by atoms with van der Waals surface area (Å²) in [5.41, 5.74) is -0.208. The molecule has 1 aromatic carbocycles. The Hall–Kier alpha value is -2.90. The van der Waals surface area contributed by atoms with Gasteiger partial charge in [-0.05, 0) is 51.2 Å². The lowest BCUT2D eigenvalue weighted by Gasteiger charge is -2.24. The van der Waals surface area contributed by atoms with Crippen molar-refractivity contribution in [2.45, 2.75) is 45.6 Å². The van der Waals surface area contributed by atoms with Crippen molar-refractivity contribution in [1.82, 2.24) is 9.96 Å². The number of amides is 3. The second kappa shape index (κ2) is 7.41. The van der Waals surface area contributed by atoms with Gasteiger partial charge < -0.3 is 14.5 Å². The lowest BCUT2D eigenvalue weighted by atomic mass is 9.91. The van der Waals surface area contributed by atoms with Crippen molar-refractivity contribution in [2.24, 2.45) is 17.8 Å². The van der Waals surface area contributed by atoms with E-state index in [4.69, 9.17) is 9.57 Å². The Morgan fingerprint density at radius 2 is 1.63 bits per heavy atom. The van der Waals surface area contributed by atoms with Crippen LogP contribution < -0.4 is 0 Å². The molecule has 1 saturated carbocycles. The number of fused-ring (bicyclic) bond motifs is 1. The maximum absolute atomic E-state index is 13.0. The number of nitrogens with zero attached hydrogens (tertiary/aromatic N) is 2. The van der Waals surface area contributed by atoms with Gasteiger partial charge >= 0.3 is 12.1 Å². The molecule has 1 aromatic rings. The summed E-state index contributed by atoms with van der Waals surface area (Å²) >= 11 is 0. The molecule has 0 spiro atoms. The Balaban J connectivity index is 1.47. The second-order valence-corrected chi connectivity index (χ2v) is 9.29. The molecule has 0 bridgehead atoms. The molecular formula is C22H26N2O6. The first kappa shape index (κ1) is 20.4. The topological polar surface area (TPSA) is 93.2 Å². The van der Waals surface area contributed by atoms with E-state index < -0.39 is 35.4 Å². The summed E-state index contributed by atoms with van der Waals surface area (Å²) < 4.78 is 5.44. The zero-order valence-electron chi connectivity index (χ0n) is 17.4. The van der Waals surface area contributed by atoms with Crippen molar-refractivity contribution in [2.75, 3.05) is 13.1 Å². The van der Waals surface area contributed by atoms with E-state index in [1.54, 1.807) is 32.9 Å². The predicted molar refractivity (Wildman–Crippen MR) is 105 cm³/mol. The highest BCUT2D eigenvalue weighted by molar-refractivity contribution is 6.20. The van der Waals surface area contributed by atoms with Gasteiger partial charge in [-0.15, -0.1) is 0 Å². The SMILES string of the molecule is CC(C)(C)OC(=O)N1C[C@H](CC2CC2)[C@@H](C(=O)ON2C(=O)c3ccccc3C2=O)C1. The molecule has 3 aliphatic rings. The van der Waals surface area contributed by atoms with E-state index in [1.165, 1.54) is 17.0 Å². The highest BCUT2D eigenvalue weighted by atomic mass is 16.7. The van der Waals surface area contributed by atoms with E-state index in [2.05, 4.69) is 0 Å². The minimum Gasteiger partial charge on any atom is -0.444 e. The number of ether oxygens (including phenoxy) is 1. The zero-order valence-corrected chi connectivity index (χ0v) is 17.4. The highest BCUT2D eigenvalue weighted by Crippen LogP contribution is 2.40. The Labute approximate surface area is 175 Å². The van der Waals surface area contributed by atoms with Crippen molar-refractivity contribution in [1.29, 1.82) is 0 Å². The first-order valence-electron chi connectivity index (χ1n) is 10.3. The predicted octanol–water partition coefficient (Wildman–Crippen LogP) is 3.02. The minimum atomic E-state index is -0.666. The first-order chi connectivity index (χ1) is 14.1. The molecule has 30 heavy (non-hydrogen) atoms. The van der Waals surface area contributed by atoms with E-state index in [-0.39, 0.29) is 23.6 Å². The van der Waals surface area contributed by atoms with E-state index in [0.29, 0.717) is 17.5 Å². The summed E-state index contributed by atoms with van der Waals surface area (Å²) in [7, 11) is 0. The zero-order chi connectivity index (χ0) is 21.6. The molecule has 4 rings (SSSR count). The third-order valence-electron chi connectivity index (χ3n) is 5.67. The molecule has 160 valence electrons. The number of benzene rings is 1. The van der Waals surface area contributed by atoms with Crippen molar-refractivity contribution in [3.63, 3.8) is 0 Å². The van der Waals surface area contributed by atoms with Gasteiger partial charge in [-0.2, -0.15) is 0 Å². The number of carbonyl (C=O) groups excluding carboxylic acids is 4. The molecule has 0 aromatic heterocycles. The van der Waals surface area contributed by atoms with Gasteiger partial charge in [0.05, 0.1) is 17.0 Å². The minimum absolute atomic E-state index is 0.0901. The number of carbonyl (C=O) groups is 4. The maximum atomic E-state index is 13.0. The van der Waals surface area contributed by atoms with Gasteiger partial charge in [-0.25, -0.2) is 9.59 Å². The Morgan fingerprint density at radius 3 is 2.17 bits per heavy atom. The van der Waals surface area contributed by atoms with Crippen molar-refractivity contribution < 1.29 is 28.8 Å². The van der Waals surface area contributed by atoms with Crippen molar-refractivity contribution in [3.8, 4) is 0 Å². The Morgan fingerprint density at radius 1 is 1.03 bits per heavy atom. The van der Waals surface area contributed by atoms with Gasteiger partial charge in [0.2, 0.25) is 0 Å². The molecule has 2 atom stereocenters. The van der Waals surface area contributed by atoms with Gasteiger partial charge in [-0.1, -0.05) is 30.0 Å². The van der Waals surface area contributed by atoms with E-state index in [1.807, 2.05) is 0 Å². The molecule has 8 nitrogen and oxygen atoms in total. The van der Waals surface area contributed by atoms with Crippen LogP contribution >= 0.6 is 0 Å². The molecule has 0 radical (unpaired) electrons. The molecule has 1 saturated heterocycles. The summed E-state index contributed by atoms with van der Waals surface area (Å²) in [6.45, 7) is 5.91. The fourth-order valence-electron chi connectivity index (χ4n) is 4.04. The molecule has 0 N–H and O–H groups in total. The van der Waals surface area contributed by atoms with Crippen LogP contribution in [0.3, 0.4) is 0 Å². The normalized spacial score (nSPS) is 23.6. The lowest BCUT2D eigenvalue weighted by molar-refractivity contribution is -0.174. The average Bonchev–Trinajstić information content (AvgIpc) is 3.34. The van der Waals surface area contributed by atoms with Gasteiger partial charge in [0.15, 0.2) is 0 Å². The smallest absolute Gasteiger partial charge is 0.410 e. The monoisotopic (exact) mass is 414 g/mol. The Bertz CT molecular complexity index is 866. The summed E-state index contributed by atoms with van der Waals surface area (Å²) in [5, 5.41) is 0.539. The number of imide groups is 1. The molecule has 2 heterocycles. The van der Waals surface area contributed by atoms with E-state index >= 15 is 0 Å². The summed E-state index contributed by atoms with van der Waals surface area (Å²) in [5.74, 6) is -2.12. The molecule has 0 unspecified atom stereocenters. The average molecular weight is 414 g/mol. The number of hydrogen-bond donors (Lipinski definition) is 0. The van der Waals surface area contributed by atoms with Crippen LogP contribution in [0.1, 0.15) is 60.7 Å². The molecule has 1 aliphatic carbocycles. The molecule has 2 fully saturated rings. The van der Waals surface area contributed by atoms with Gasteiger partial charge in [-0.3, -0.25) is 9.59 Å².